The van der Waals surface area contributed by atoms with Crippen molar-refractivity contribution in [2.75, 3.05) is 24.7 Å². The molecule has 27 heavy (non-hydrogen) atoms. The van der Waals surface area contributed by atoms with Gasteiger partial charge in [0, 0.05) is 14.1 Å². The van der Waals surface area contributed by atoms with Crippen LogP contribution in [0.3, 0.4) is 0 Å². The molecule has 2 aromatic carbocycles. The van der Waals surface area contributed by atoms with Crippen LogP contribution in [0.1, 0.15) is 36.0 Å². The predicted molar refractivity (Wildman–Crippen MR) is 103 cm³/mol. The second-order valence-electron chi connectivity index (χ2n) is 7.04. The molecule has 0 saturated heterocycles. The van der Waals surface area contributed by atoms with Crippen molar-refractivity contribution in [3.8, 4) is 5.75 Å². The summed E-state index contributed by atoms with van der Waals surface area (Å²) in [5, 5.41) is 26.2. The van der Waals surface area contributed by atoms with Crippen LogP contribution in [0.25, 0.3) is 0 Å². The van der Waals surface area contributed by atoms with E-state index in [1.807, 2.05) is 0 Å². The van der Waals surface area contributed by atoms with Crippen LogP contribution in [0.5, 0.6) is 5.75 Å². The minimum absolute atomic E-state index is 0.0301. The molecule has 2 aromatic rings. The number of benzene rings is 1. The maximum absolute atomic E-state index is 12.1. The van der Waals surface area contributed by atoms with Crippen molar-refractivity contribution in [1.82, 2.24) is 4.90 Å². The van der Waals surface area contributed by atoms with Crippen molar-refractivity contribution in [2.45, 2.75) is 37.8 Å². The highest BCUT2D eigenvalue weighted by Crippen LogP contribution is 2.32. The number of hydrogen-bond donors (Lipinski definition) is 4. The number of phenols is 1. The molecule has 1 aliphatic rings. The van der Waals surface area contributed by atoms with Crippen LogP contribution in [-0.4, -0.2) is 47.3 Å². The van der Waals surface area contributed by atoms with E-state index in [9.17, 15) is 24.6 Å². The number of amides is 1. The van der Waals surface area contributed by atoms with Crippen LogP contribution in [0, 0.1) is 0 Å². The maximum atomic E-state index is 12.1. The fraction of sp³-hybridized carbons (Fsp3) is 0.421. The largest absolute Gasteiger partial charge is 0.505 e. The van der Waals surface area contributed by atoms with E-state index < -0.39 is 17.0 Å². The molecule has 0 aliphatic heterocycles. The van der Waals surface area contributed by atoms with Crippen molar-refractivity contribution in [1.29, 1.82) is 0 Å². The van der Waals surface area contributed by atoms with Gasteiger partial charge in [-0.05, 0) is 25.0 Å². The van der Waals surface area contributed by atoms with Crippen LogP contribution in [0.4, 0.5) is 17.1 Å². The van der Waals surface area contributed by atoms with E-state index in [4.69, 9.17) is 0 Å². The zero-order chi connectivity index (χ0) is 19.7. The SMILES string of the molecule is CN(C)C(=O)c1cccc(Nc2c(NC3CCCC[C@H]3O)c(=O)c2=O)c1O. The van der Waals surface area contributed by atoms with Crippen molar-refractivity contribution in [3.63, 3.8) is 0 Å². The summed E-state index contributed by atoms with van der Waals surface area (Å²) >= 11 is 0. The van der Waals surface area contributed by atoms with E-state index in [0.717, 1.165) is 12.8 Å². The van der Waals surface area contributed by atoms with Gasteiger partial charge in [-0.25, -0.2) is 0 Å². The summed E-state index contributed by atoms with van der Waals surface area (Å²) in [4.78, 5) is 37.4. The molecule has 0 aromatic heterocycles. The molecular weight excluding hydrogens is 350 g/mol. The monoisotopic (exact) mass is 373 g/mol. The van der Waals surface area contributed by atoms with Crippen LogP contribution < -0.4 is 21.5 Å². The van der Waals surface area contributed by atoms with Gasteiger partial charge in [-0.15, -0.1) is 0 Å². The first-order valence-corrected chi connectivity index (χ1v) is 8.89. The molecule has 1 amide bonds. The van der Waals surface area contributed by atoms with Crippen LogP contribution in [-0.2, 0) is 0 Å². The molecule has 0 bridgehead atoms. The number of para-hydroxylation sites is 1. The number of anilines is 3. The molecule has 8 nitrogen and oxygen atoms in total. The molecule has 2 atom stereocenters. The van der Waals surface area contributed by atoms with Gasteiger partial charge in [0.2, 0.25) is 0 Å². The first-order chi connectivity index (χ1) is 12.8. The molecule has 1 unspecified atom stereocenters. The standard InChI is InChI=1S/C19H23N3O5/c1-22(2)19(27)10-6-5-8-12(16(10)24)21-15-14(17(25)18(15)26)20-11-7-3-4-9-13(11)23/h5-6,8,11,13,20-21,23-24H,3-4,7,9H2,1-2H3/t11?,13-/m1/s1. The van der Waals surface area contributed by atoms with Gasteiger partial charge >= 0.3 is 0 Å². The zero-order valence-electron chi connectivity index (χ0n) is 15.3. The molecule has 4 N–H and O–H groups in total. The van der Waals surface area contributed by atoms with E-state index in [0.29, 0.717) is 12.8 Å². The number of nitrogens with zero attached hydrogens (tertiary/aromatic N) is 1. The Balaban J connectivity index is 1.86. The topological polar surface area (TPSA) is 119 Å². The summed E-state index contributed by atoms with van der Waals surface area (Å²) in [5.41, 5.74) is -0.984. The highest BCUT2D eigenvalue weighted by molar-refractivity contribution is 5.99. The number of aromatic hydroxyl groups is 1. The Morgan fingerprint density at radius 3 is 2.44 bits per heavy atom. The highest BCUT2D eigenvalue weighted by Gasteiger charge is 2.29. The van der Waals surface area contributed by atoms with Gasteiger partial charge in [-0.1, -0.05) is 18.9 Å². The average Bonchev–Trinajstić information content (AvgIpc) is 2.66. The number of aliphatic hydroxyl groups excluding tert-OH is 1. The van der Waals surface area contributed by atoms with Gasteiger partial charge in [0.25, 0.3) is 16.8 Å². The Morgan fingerprint density at radius 2 is 1.78 bits per heavy atom. The minimum Gasteiger partial charge on any atom is -0.505 e. The summed E-state index contributed by atoms with van der Waals surface area (Å²) in [7, 11) is 3.13. The molecule has 0 spiro atoms. The van der Waals surface area contributed by atoms with Crippen molar-refractivity contribution >= 4 is 23.0 Å². The lowest BCUT2D eigenvalue weighted by molar-refractivity contribution is 0.0824. The van der Waals surface area contributed by atoms with Crippen LogP contribution in [0.2, 0.25) is 0 Å². The second kappa shape index (κ2) is 7.40. The normalized spacial score (nSPS) is 19.7. The summed E-state index contributed by atoms with van der Waals surface area (Å²) < 4.78 is 0. The maximum Gasteiger partial charge on any atom is 0.257 e. The molecule has 1 fully saturated rings. The van der Waals surface area contributed by atoms with Crippen molar-refractivity contribution in [3.05, 3.63) is 44.2 Å². The van der Waals surface area contributed by atoms with E-state index in [1.165, 1.54) is 17.0 Å². The first kappa shape index (κ1) is 18.9. The van der Waals surface area contributed by atoms with Crippen LogP contribution >= 0.6 is 0 Å². The number of phenolic OH excluding ortho intramolecular Hbond substituents is 1. The zero-order valence-corrected chi connectivity index (χ0v) is 15.3. The number of carbonyl (C=O) groups is 1. The predicted octanol–water partition coefficient (Wildman–Crippen LogP) is 1.15. The van der Waals surface area contributed by atoms with Gasteiger partial charge in [-0.3, -0.25) is 14.4 Å². The number of aliphatic hydroxyl groups is 1. The van der Waals surface area contributed by atoms with Crippen LogP contribution in [0.15, 0.2) is 27.8 Å². The van der Waals surface area contributed by atoms with Gasteiger partial charge in [0.05, 0.1) is 23.4 Å². The minimum atomic E-state index is -0.702. The Morgan fingerprint density at radius 1 is 1.11 bits per heavy atom. The lowest BCUT2D eigenvalue weighted by Gasteiger charge is -2.30. The van der Waals surface area contributed by atoms with E-state index in [1.54, 1.807) is 20.2 Å². The molecule has 3 rings (SSSR count). The number of hydrogen-bond acceptors (Lipinski definition) is 7. The molecule has 0 radical (unpaired) electrons. The lowest BCUT2D eigenvalue weighted by Crippen LogP contribution is -2.43. The van der Waals surface area contributed by atoms with Gasteiger partial charge in [0.1, 0.15) is 11.4 Å². The first-order valence-electron chi connectivity index (χ1n) is 8.89. The number of rotatable bonds is 5. The summed E-state index contributed by atoms with van der Waals surface area (Å²) in [5.74, 6) is -0.683. The van der Waals surface area contributed by atoms with Crippen molar-refractivity contribution < 1.29 is 15.0 Å². The molecule has 144 valence electrons. The van der Waals surface area contributed by atoms with Gasteiger partial charge in [0.15, 0.2) is 5.75 Å². The molecule has 1 aliphatic carbocycles. The Kier molecular flexibility index (Phi) is 5.18. The molecular formula is C19H23N3O5. The third-order valence-electron chi connectivity index (χ3n) is 4.90. The highest BCUT2D eigenvalue weighted by atomic mass is 16.3. The Labute approximate surface area is 156 Å². The smallest absolute Gasteiger partial charge is 0.257 e. The second-order valence-corrected chi connectivity index (χ2v) is 7.04. The van der Waals surface area contributed by atoms with Gasteiger partial charge in [-0.2, -0.15) is 0 Å². The average molecular weight is 373 g/mol. The summed E-state index contributed by atoms with van der Waals surface area (Å²) in [6.07, 6.45) is 2.63. The molecule has 8 heteroatoms. The van der Waals surface area contributed by atoms with E-state index in [-0.39, 0.29) is 40.3 Å². The Hall–Kier alpha value is -2.87. The Bertz CT molecular complexity index is 930. The number of carbonyl (C=O) groups excluding carboxylic acids is 1. The third kappa shape index (κ3) is 3.52. The third-order valence-corrected chi connectivity index (χ3v) is 4.90. The lowest BCUT2D eigenvalue weighted by atomic mass is 9.92. The fourth-order valence-corrected chi connectivity index (χ4v) is 3.31. The fourth-order valence-electron chi connectivity index (χ4n) is 3.31. The van der Waals surface area contributed by atoms with Crippen molar-refractivity contribution in [2.24, 2.45) is 0 Å². The molecule has 1 saturated carbocycles. The number of nitrogens with one attached hydrogen (secondary N) is 2. The summed E-state index contributed by atoms with van der Waals surface area (Å²) in [6.45, 7) is 0. The summed E-state index contributed by atoms with van der Waals surface area (Å²) in [6, 6.07) is 4.26. The quantitative estimate of drug-likeness (QED) is 0.458. The van der Waals surface area contributed by atoms with E-state index in [2.05, 4.69) is 10.6 Å². The molecule has 0 heterocycles. The van der Waals surface area contributed by atoms with Gasteiger partial charge < -0.3 is 25.7 Å². The van der Waals surface area contributed by atoms with E-state index >= 15 is 0 Å².